The van der Waals surface area contributed by atoms with Crippen molar-refractivity contribution >= 4 is 12.0 Å². The Hall–Kier alpha value is -1.30. The predicted molar refractivity (Wildman–Crippen MR) is 78.0 cm³/mol. The molecule has 4 atom stereocenters. The average Bonchev–Trinajstić information content (AvgIpc) is 3.03. The van der Waals surface area contributed by atoms with Crippen molar-refractivity contribution < 1.29 is 14.7 Å². The van der Waals surface area contributed by atoms with Crippen molar-refractivity contribution in [1.29, 1.82) is 0 Å². The first-order chi connectivity index (χ1) is 10.1. The Balaban J connectivity index is 1.56. The molecule has 6 nitrogen and oxygen atoms in total. The Morgan fingerprint density at radius 2 is 1.95 bits per heavy atom. The van der Waals surface area contributed by atoms with Gasteiger partial charge in [0.25, 0.3) is 0 Å². The van der Waals surface area contributed by atoms with Crippen LogP contribution < -0.4 is 5.32 Å². The Kier molecular flexibility index (Phi) is 4.06. The minimum atomic E-state index is -0.794. The van der Waals surface area contributed by atoms with E-state index in [2.05, 4.69) is 10.2 Å². The number of likely N-dealkylation sites (tertiary alicyclic amines) is 1. The van der Waals surface area contributed by atoms with Gasteiger partial charge in [0.2, 0.25) is 0 Å². The number of aliphatic carboxylic acids is 1. The Bertz CT molecular complexity index is 428. The number of carboxylic acids is 1. The lowest BCUT2D eigenvalue weighted by atomic mass is 9.99. The third kappa shape index (κ3) is 2.86. The summed E-state index contributed by atoms with van der Waals surface area (Å²) < 4.78 is 0. The van der Waals surface area contributed by atoms with Gasteiger partial charge in [-0.3, -0.25) is 9.69 Å². The third-order valence-electron chi connectivity index (χ3n) is 5.38. The Labute approximate surface area is 125 Å². The first kappa shape index (κ1) is 14.6. The smallest absolute Gasteiger partial charge is 0.317 e. The van der Waals surface area contributed by atoms with E-state index in [0.717, 1.165) is 19.5 Å². The first-order valence-electron chi connectivity index (χ1n) is 8.08. The van der Waals surface area contributed by atoms with Crippen molar-refractivity contribution in [2.75, 3.05) is 26.2 Å². The van der Waals surface area contributed by atoms with E-state index in [0.29, 0.717) is 19.1 Å². The molecule has 0 aromatic heterocycles. The molecule has 2 N–H and O–H groups in total. The van der Waals surface area contributed by atoms with Crippen LogP contribution >= 0.6 is 0 Å². The van der Waals surface area contributed by atoms with E-state index in [9.17, 15) is 9.59 Å². The average molecular weight is 295 g/mol. The maximum Gasteiger partial charge on any atom is 0.317 e. The van der Waals surface area contributed by atoms with Gasteiger partial charge in [-0.25, -0.2) is 4.79 Å². The van der Waals surface area contributed by atoms with Crippen LogP contribution in [0.1, 0.15) is 32.6 Å². The summed E-state index contributed by atoms with van der Waals surface area (Å²) in [6.07, 6.45) is 4.69. The summed E-state index contributed by atoms with van der Waals surface area (Å²) in [6, 6.07) is 0.637. The van der Waals surface area contributed by atoms with Crippen LogP contribution in [0.3, 0.4) is 0 Å². The third-order valence-corrected chi connectivity index (χ3v) is 5.38. The van der Waals surface area contributed by atoms with Crippen LogP contribution in [0.15, 0.2) is 0 Å². The largest absolute Gasteiger partial charge is 0.481 e. The van der Waals surface area contributed by atoms with Crippen LogP contribution in [0.25, 0.3) is 0 Å². The Morgan fingerprint density at radius 1 is 1.14 bits per heavy atom. The monoisotopic (exact) mass is 295 g/mol. The number of hydrogen-bond donors (Lipinski definition) is 2. The van der Waals surface area contributed by atoms with Crippen molar-refractivity contribution in [3.05, 3.63) is 0 Å². The fourth-order valence-electron chi connectivity index (χ4n) is 4.12. The summed E-state index contributed by atoms with van der Waals surface area (Å²) in [7, 11) is 0. The van der Waals surface area contributed by atoms with E-state index in [-0.39, 0.29) is 18.0 Å². The molecule has 0 spiro atoms. The molecule has 4 unspecified atom stereocenters. The summed E-state index contributed by atoms with van der Waals surface area (Å²) in [5.41, 5.74) is 0. The van der Waals surface area contributed by atoms with E-state index in [4.69, 9.17) is 5.11 Å². The van der Waals surface area contributed by atoms with E-state index in [1.807, 2.05) is 6.92 Å². The molecular formula is C15H25N3O3. The minimum absolute atomic E-state index is 0.0306. The maximum atomic E-state index is 12.4. The quantitative estimate of drug-likeness (QED) is 0.796. The number of urea groups is 1. The predicted octanol–water partition coefficient (Wildman–Crippen LogP) is 0.975. The number of piperidine rings is 1. The molecule has 3 rings (SSSR count). The fourth-order valence-corrected chi connectivity index (χ4v) is 4.12. The number of carbonyl (C=O) groups excluding carboxylic acids is 1. The van der Waals surface area contributed by atoms with Crippen molar-refractivity contribution in [2.24, 2.45) is 11.8 Å². The normalized spacial score (nSPS) is 36.5. The molecule has 3 saturated heterocycles. The number of fused-ring (bicyclic) bond motifs is 1. The van der Waals surface area contributed by atoms with Crippen LogP contribution in [0.2, 0.25) is 0 Å². The van der Waals surface area contributed by atoms with Gasteiger partial charge in [0, 0.05) is 31.7 Å². The van der Waals surface area contributed by atoms with Gasteiger partial charge in [-0.2, -0.15) is 0 Å². The summed E-state index contributed by atoms with van der Waals surface area (Å²) in [4.78, 5) is 27.7. The van der Waals surface area contributed by atoms with Gasteiger partial charge < -0.3 is 15.3 Å². The molecule has 0 saturated carbocycles. The van der Waals surface area contributed by atoms with Crippen LogP contribution in [-0.4, -0.2) is 65.2 Å². The molecule has 3 aliphatic heterocycles. The second kappa shape index (κ2) is 5.83. The Morgan fingerprint density at radius 3 is 2.67 bits per heavy atom. The van der Waals surface area contributed by atoms with E-state index < -0.39 is 11.9 Å². The van der Waals surface area contributed by atoms with E-state index >= 15 is 0 Å². The van der Waals surface area contributed by atoms with E-state index in [1.54, 1.807) is 4.90 Å². The van der Waals surface area contributed by atoms with Crippen molar-refractivity contribution in [3.63, 3.8) is 0 Å². The summed E-state index contributed by atoms with van der Waals surface area (Å²) in [5.74, 6) is -1.19. The highest BCUT2D eigenvalue weighted by Crippen LogP contribution is 2.28. The molecule has 0 aromatic rings. The van der Waals surface area contributed by atoms with Gasteiger partial charge in [-0.1, -0.05) is 13.3 Å². The summed E-state index contributed by atoms with van der Waals surface area (Å²) >= 11 is 0. The highest BCUT2D eigenvalue weighted by Gasteiger charge is 2.40. The number of carbonyl (C=O) groups is 2. The van der Waals surface area contributed by atoms with Gasteiger partial charge >= 0.3 is 12.0 Å². The molecule has 118 valence electrons. The molecule has 3 heterocycles. The van der Waals surface area contributed by atoms with Crippen LogP contribution in [-0.2, 0) is 4.79 Å². The molecule has 0 aromatic carbocycles. The fraction of sp³-hybridized carbons (Fsp3) is 0.867. The number of carboxylic acid groups (broad SMARTS) is 1. The highest BCUT2D eigenvalue weighted by atomic mass is 16.4. The number of nitrogens with zero attached hydrogens (tertiary/aromatic N) is 2. The van der Waals surface area contributed by atoms with Crippen LogP contribution in [0.4, 0.5) is 4.79 Å². The summed E-state index contributed by atoms with van der Waals surface area (Å²) in [6.45, 7) is 5.01. The molecule has 3 fully saturated rings. The van der Waals surface area contributed by atoms with Crippen molar-refractivity contribution in [3.8, 4) is 0 Å². The minimum Gasteiger partial charge on any atom is -0.481 e. The number of amides is 2. The van der Waals surface area contributed by atoms with Crippen molar-refractivity contribution in [1.82, 2.24) is 15.1 Å². The highest BCUT2D eigenvalue weighted by molar-refractivity contribution is 5.78. The summed E-state index contributed by atoms with van der Waals surface area (Å²) in [5, 5.41) is 12.3. The zero-order chi connectivity index (χ0) is 15.0. The second-order valence-corrected chi connectivity index (χ2v) is 6.77. The number of rotatable bonds is 2. The zero-order valence-corrected chi connectivity index (χ0v) is 12.6. The zero-order valence-electron chi connectivity index (χ0n) is 12.6. The standard InChI is InChI=1S/C15H25N3O3/c1-10-8-18(9-11(10)14(19)20)15(21)16-12-5-7-17-6-3-2-4-13(12)17/h10-13H,2-9H2,1H3,(H,16,21)(H,19,20). The lowest BCUT2D eigenvalue weighted by Crippen LogP contribution is -2.50. The van der Waals surface area contributed by atoms with Gasteiger partial charge in [-0.05, 0) is 31.7 Å². The number of nitrogens with one attached hydrogen (secondary N) is 1. The topological polar surface area (TPSA) is 72.9 Å². The lowest BCUT2D eigenvalue weighted by molar-refractivity contribution is -0.142. The van der Waals surface area contributed by atoms with Crippen LogP contribution in [0.5, 0.6) is 0 Å². The van der Waals surface area contributed by atoms with Gasteiger partial charge in [-0.15, -0.1) is 0 Å². The molecule has 2 amide bonds. The molecule has 0 radical (unpaired) electrons. The molecule has 3 aliphatic rings. The first-order valence-corrected chi connectivity index (χ1v) is 8.08. The molecular weight excluding hydrogens is 270 g/mol. The maximum absolute atomic E-state index is 12.4. The molecule has 0 aliphatic carbocycles. The molecule has 6 heteroatoms. The SMILES string of the molecule is CC1CN(C(=O)NC2CCN3CCCCC23)CC1C(=O)O. The van der Waals surface area contributed by atoms with E-state index in [1.165, 1.54) is 19.3 Å². The number of hydrogen-bond acceptors (Lipinski definition) is 3. The van der Waals surface area contributed by atoms with Crippen LogP contribution in [0, 0.1) is 11.8 Å². The van der Waals surface area contributed by atoms with Gasteiger partial charge in [0.1, 0.15) is 0 Å². The molecule has 21 heavy (non-hydrogen) atoms. The second-order valence-electron chi connectivity index (χ2n) is 6.77. The molecule has 0 bridgehead atoms. The van der Waals surface area contributed by atoms with Gasteiger partial charge in [0.15, 0.2) is 0 Å². The van der Waals surface area contributed by atoms with Gasteiger partial charge in [0.05, 0.1) is 5.92 Å². The van der Waals surface area contributed by atoms with Crippen molar-refractivity contribution in [2.45, 2.75) is 44.7 Å². The lowest BCUT2D eigenvalue weighted by Gasteiger charge is -2.33.